The summed E-state index contributed by atoms with van der Waals surface area (Å²) in [5, 5.41) is 6.99. The number of sulfonamides is 1. The van der Waals surface area contributed by atoms with Crippen LogP contribution in [0.15, 0.2) is 0 Å². The molecule has 6 heteroatoms. The fourth-order valence-corrected chi connectivity index (χ4v) is 2.50. The summed E-state index contributed by atoms with van der Waals surface area (Å²) in [7, 11) is -3.17. The molecular formula is C10H23N3O2S. The van der Waals surface area contributed by atoms with E-state index in [0.717, 1.165) is 0 Å². The Kier molecular flexibility index (Phi) is 5.96. The molecule has 5 nitrogen and oxygen atoms in total. The molecule has 0 radical (unpaired) electrons. The normalized spacial score (nSPS) is 12.7. The highest BCUT2D eigenvalue weighted by Crippen LogP contribution is 2.18. The lowest BCUT2D eigenvalue weighted by Gasteiger charge is -2.17. The Morgan fingerprint density at radius 3 is 2.38 bits per heavy atom. The molecule has 0 aromatic rings. The zero-order valence-electron chi connectivity index (χ0n) is 10.3. The number of hydrogen-bond acceptors (Lipinski definition) is 3. The van der Waals surface area contributed by atoms with Crippen LogP contribution in [-0.4, -0.2) is 26.6 Å². The summed E-state index contributed by atoms with van der Waals surface area (Å²) >= 11 is 0. The van der Waals surface area contributed by atoms with E-state index in [1.54, 1.807) is 0 Å². The van der Waals surface area contributed by atoms with Crippen molar-refractivity contribution in [2.24, 2.45) is 11.1 Å². The summed E-state index contributed by atoms with van der Waals surface area (Å²) < 4.78 is 25.6. The van der Waals surface area contributed by atoms with Crippen LogP contribution in [0.1, 0.15) is 40.0 Å². The minimum absolute atomic E-state index is 0.0220. The third kappa shape index (κ3) is 9.92. The molecule has 0 aromatic carbocycles. The van der Waals surface area contributed by atoms with Crippen molar-refractivity contribution in [3.05, 3.63) is 0 Å². The van der Waals surface area contributed by atoms with Crippen LogP contribution in [0.2, 0.25) is 0 Å². The van der Waals surface area contributed by atoms with E-state index >= 15 is 0 Å². The molecule has 96 valence electrons. The van der Waals surface area contributed by atoms with Crippen molar-refractivity contribution in [3.8, 4) is 0 Å². The molecule has 0 atom stereocenters. The molecule has 16 heavy (non-hydrogen) atoms. The first-order chi connectivity index (χ1) is 7.12. The summed E-state index contributed by atoms with van der Waals surface area (Å²) in [6.45, 7) is 6.39. The Balaban J connectivity index is 3.84. The van der Waals surface area contributed by atoms with E-state index in [0.29, 0.717) is 25.8 Å². The first-order valence-corrected chi connectivity index (χ1v) is 7.08. The molecule has 0 aliphatic heterocycles. The molecule has 4 N–H and O–H groups in total. The second-order valence-electron chi connectivity index (χ2n) is 5.15. The summed E-state index contributed by atoms with van der Waals surface area (Å²) in [5.41, 5.74) is 5.19. The first-order valence-electron chi connectivity index (χ1n) is 5.43. The van der Waals surface area contributed by atoms with Gasteiger partial charge in [0.25, 0.3) is 0 Å². The Hall–Kier alpha value is -0.620. The fourth-order valence-electron chi connectivity index (χ4n) is 1.02. The van der Waals surface area contributed by atoms with Gasteiger partial charge in [-0.2, -0.15) is 0 Å². The van der Waals surface area contributed by atoms with Gasteiger partial charge in [0, 0.05) is 13.0 Å². The van der Waals surface area contributed by atoms with Gasteiger partial charge in [-0.05, 0) is 18.3 Å². The van der Waals surface area contributed by atoms with Crippen LogP contribution >= 0.6 is 0 Å². The fraction of sp³-hybridized carbons (Fsp3) is 0.900. The Morgan fingerprint density at radius 1 is 1.38 bits per heavy atom. The third-order valence-electron chi connectivity index (χ3n) is 2.07. The van der Waals surface area contributed by atoms with Crippen LogP contribution in [0, 0.1) is 10.8 Å². The molecule has 0 aliphatic carbocycles. The monoisotopic (exact) mass is 249 g/mol. The average Bonchev–Trinajstić information content (AvgIpc) is 2.08. The quantitative estimate of drug-likeness (QED) is 0.357. The first kappa shape index (κ1) is 15.4. The summed E-state index contributed by atoms with van der Waals surface area (Å²) in [6.07, 6.45) is 1.64. The van der Waals surface area contributed by atoms with Gasteiger partial charge in [0.05, 0.1) is 11.6 Å². The van der Waals surface area contributed by atoms with Crippen molar-refractivity contribution in [2.75, 3.05) is 12.3 Å². The molecule has 0 amide bonds. The lowest BCUT2D eigenvalue weighted by Crippen LogP contribution is -2.29. The smallest absolute Gasteiger partial charge is 0.211 e. The lowest BCUT2D eigenvalue weighted by atomic mass is 9.94. The predicted molar refractivity (Wildman–Crippen MR) is 67.0 cm³/mol. The largest absolute Gasteiger partial charge is 0.388 e. The second-order valence-corrected chi connectivity index (χ2v) is 7.08. The summed E-state index contributed by atoms with van der Waals surface area (Å²) in [6, 6.07) is 0. The second kappa shape index (κ2) is 6.20. The van der Waals surface area contributed by atoms with E-state index in [2.05, 4.69) is 4.72 Å². The molecule has 0 rings (SSSR count). The molecule has 0 saturated carbocycles. The number of nitrogens with two attached hydrogens (primary N) is 1. The third-order valence-corrected chi connectivity index (χ3v) is 3.45. The molecule has 0 aliphatic rings. The number of hydrogen-bond donors (Lipinski definition) is 3. The number of rotatable bonds is 7. The molecule has 0 saturated heterocycles. The van der Waals surface area contributed by atoms with E-state index in [4.69, 9.17) is 11.1 Å². The van der Waals surface area contributed by atoms with E-state index in [1.165, 1.54) is 0 Å². The summed E-state index contributed by atoms with van der Waals surface area (Å²) in [5.74, 6) is 0.241. The number of amidine groups is 1. The van der Waals surface area contributed by atoms with Crippen LogP contribution in [0.3, 0.4) is 0 Å². The lowest BCUT2D eigenvalue weighted by molar-refractivity contribution is 0.396. The Labute approximate surface area is 98.4 Å². The van der Waals surface area contributed by atoms with Crippen molar-refractivity contribution in [2.45, 2.75) is 40.0 Å². The Bertz CT molecular complexity index is 317. The van der Waals surface area contributed by atoms with Crippen molar-refractivity contribution < 1.29 is 8.42 Å². The molecular weight excluding hydrogens is 226 g/mol. The van der Waals surface area contributed by atoms with Gasteiger partial charge in [-0.1, -0.05) is 20.8 Å². The van der Waals surface area contributed by atoms with E-state index in [1.807, 2.05) is 20.8 Å². The van der Waals surface area contributed by atoms with Gasteiger partial charge in [0.2, 0.25) is 10.0 Å². The van der Waals surface area contributed by atoms with Crippen molar-refractivity contribution in [1.82, 2.24) is 4.72 Å². The van der Waals surface area contributed by atoms with Gasteiger partial charge in [0.15, 0.2) is 0 Å². The molecule has 0 fully saturated rings. The maximum absolute atomic E-state index is 11.5. The van der Waals surface area contributed by atoms with E-state index < -0.39 is 10.0 Å². The van der Waals surface area contributed by atoms with Crippen molar-refractivity contribution in [1.29, 1.82) is 5.41 Å². The minimum atomic E-state index is -3.17. The van der Waals surface area contributed by atoms with Crippen LogP contribution in [-0.2, 0) is 10.0 Å². The molecule has 0 bridgehead atoms. The summed E-state index contributed by atoms with van der Waals surface area (Å²) in [4.78, 5) is 0. The van der Waals surface area contributed by atoms with E-state index in [-0.39, 0.29) is 17.0 Å². The van der Waals surface area contributed by atoms with Crippen LogP contribution in [0.4, 0.5) is 0 Å². The maximum Gasteiger partial charge on any atom is 0.211 e. The van der Waals surface area contributed by atoms with Crippen LogP contribution < -0.4 is 10.5 Å². The SMILES string of the molecule is CC(C)(C)CCS(=O)(=O)NCCCC(=N)N. The highest BCUT2D eigenvalue weighted by molar-refractivity contribution is 7.89. The molecule has 0 heterocycles. The maximum atomic E-state index is 11.5. The van der Waals surface area contributed by atoms with Gasteiger partial charge in [-0.3, -0.25) is 5.41 Å². The van der Waals surface area contributed by atoms with Gasteiger partial charge < -0.3 is 5.73 Å². The number of nitrogens with one attached hydrogen (secondary N) is 2. The van der Waals surface area contributed by atoms with Crippen LogP contribution in [0.25, 0.3) is 0 Å². The van der Waals surface area contributed by atoms with Crippen molar-refractivity contribution in [3.63, 3.8) is 0 Å². The highest BCUT2D eigenvalue weighted by atomic mass is 32.2. The standard InChI is InChI=1S/C10H23N3O2S/c1-10(2,3)6-8-16(14,15)13-7-4-5-9(11)12/h13H,4-8H2,1-3H3,(H3,11,12). The van der Waals surface area contributed by atoms with Gasteiger partial charge in [-0.15, -0.1) is 0 Å². The van der Waals surface area contributed by atoms with Crippen molar-refractivity contribution >= 4 is 15.9 Å². The highest BCUT2D eigenvalue weighted by Gasteiger charge is 2.16. The topological polar surface area (TPSA) is 96.0 Å². The zero-order valence-corrected chi connectivity index (χ0v) is 11.2. The van der Waals surface area contributed by atoms with Gasteiger partial charge >= 0.3 is 0 Å². The van der Waals surface area contributed by atoms with Crippen LogP contribution in [0.5, 0.6) is 0 Å². The predicted octanol–water partition coefficient (Wildman–Crippen LogP) is 1.06. The Morgan fingerprint density at radius 2 is 1.94 bits per heavy atom. The molecule has 0 spiro atoms. The molecule has 0 unspecified atom stereocenters. The van der Waals surface area contributed by atoms with Gasteiger partial charge in [-0.25, -0.2) is 13.1 Å². The zero-order chi connectivity index (χ0) is 12.8. The molecule has 0 aromatic heterocycles. The van der Waals surface area contributed by atoms with Gasteiger partial charge in [0.1, 0.15) is 0 Å². The minimum Gasteiger partial charge on any atom is -0.388 e. The average molecular weight is 249 g/mol. The van der Waals surface area contributed by atoms with E-state index in [9.17, 15) is 8.42 Å².